The highest BCUT2D eigenvalue weighted by Gasteiger charge is 2.27. The highest BCUT2D eigenvalue weighted by molar-refractivity contribution is 4.99. The molecule has 0 saturated heterocycles. The van der Waals surface area contributed by atoms with Crippen LogP contribution in [0.15, 0.2) is 12.5 Å². The van der Waals surface area contributed by atoms with Crippen molar-refractivity contribution in [2.75, 3.05) is 13.1 Å². The van der Waals surface area contributed by atoms with E-state index in [2.05, 4.69) is 26.7 Å². The topological polar surface area (TPSA) is 33.1 Å². The van der Waals surface area contributed by atoms with Crippen molar-refractivity contribution in [2.24, 2.45) is 0 Å². The van der Waals surface area contributed by atoms with E-state index in [0.717, 1.165) is 31.7 Å². The molecule has 0 spiro atoms. The minimum absolute atomic E-state index is 0.770. The smallest absolute Gasteiger partial charge is 0.0949 e. The van der Waals surface area contributed by atoms with Gasteiger partial charge in [-0.25, -0.2) is 4.98 Å². The summed E-state index contributed by atoms with van der Waals surface area (Å²) in [6.45, 7) is 6.65. The molecule has 0 bridgehead atoms. The van der Waals surface area contributed by atoms with Crippen LogP contribution in [0.3, 0.4) is 0 Å². The quantitative estimate of drug-likeness (QED) is 0.759. The Morgan fingerprint density at radius 3 is 2.89 bits per heavy atom. The standard InChI is InChI=1S/C14H24N4/c1-2-17(13-5-6-13)7-8-18-11-15-9-14(18)10-16-12-3-4-12/h9,11-13,16H,2-8,10H2,1H3. The van der Waals surface area contributed by atoms with Crippen molar-refractivity contribution in [1.29, 1.82) is 0 Å². The predicted octanol–water partition coefficient (Wildman–Crippen LogP) is 1.62. The number of hydrogen-bond acceptors (Lipinski definition) is 3. The van der Waals surface area contributed by atoms with Crippen molar-refractivity contribution < 1.29 is 0 Å². The number of rotatable bonds is 8. The van der Waals surface area contributed by atoms with Gasteiger partial charge in [0.2, 0.25) is 0 Å². The second-order valence-corrected chi connectivity index (χ2v) is 5.59. The van der Waals surface area contributed by atoms with Crippen molar-refractivity contribution >= 4 is 0 Å². The Kier molecular flexibility index (Phi) is 3.66. The molecule has 4 nitrogen and oxygen atoms in total. The first-order valence-corrected chi connectivity index (χ1v) is 7.33. The first-order chi connectivity index (χ1) is 8.86. The average Bonchev–Trinajstić information content (AvgIpc) is 3.28. The lowest BCUT2D eigenvalue weighted by atomic mass is 10.4. The minimum Gasteiger partial charge on any atom is -0.332 e. The van der Waals surface area contributed by atoms with Crippen LogP contribution in [0.1, 0.15) is 38.3 Å². The third-order valence-corrected chi connectivity index (χ3v) is 4.05. The molecule has 3 rings (SSSR count). The number of nitrogens with zero attached hydrogens (tertiary/aromatic N) is 3. The van der Waals surface area contributed by atoms with E-state index < -0.39 is 0 Å². The third-order valence-electron chi connectivity index (χ3n) is 4.05. The summed E-state index contributed by atoms with van der Waals surface area (Å²) in [5.41, 5.74) is 1.33. The van der Waals surface area contributed by atoms with Crippen molar-refractivity contribution in [2.45, 2.75) is 57.8 Å². The Balaban J connectivity index is 1.49. The summed E-state index contributed by atoms with van der Waals surface area (Å²) in [6.07, 6.45) is 9.47. The molecule has 2 saturated carbocycles. The van der Waals surface area contributed by atoms with Gasteiger partial charge in [-0.3, -0.25) is 4.90 Å². The van der Waals surface area contributed by atoms with E-state index in [1.54, 1.807) is 0 Å². The van der Waals surface area contributed by atoms with Crippen LogP contribution < -0.4 is 5.32 Å². The lowest BCUT2D eigenvalue weighted by molar-refractivity contribution is 0.265. The van der Waals surface area contributed by atoms with Gasteiger partial charge in [0.25, 0.3) is 0 Å². The van der Waals surface area contributed by atoms with Gasteiger partial charge in [-0.15, -0.1) is 0 Å². The minimum atomic E-state index is 0.770. The lowest BCUT2D eigenvalue weighted by Crippen LogP contribution is -2.30. The highest BCUT2D eigenvalue weighted by atomic mass is 15.2. The zero-order valence-electron chi connectivity index (χ0n) is 11.3. The van der Waals surface area contributed by atoms with Crippen LogP contribution in [-0.4, -0.2) is 39.6 Å². The molecule has 1 aromatic heterocycles. The van der Waals surface area contributed by atoms with Crippen LogP contribution >= 0.6 is 0 Å². The van der Waals surface area contributed by atoms with Gasteiger partial charge in [0.15, 0.2) is 0 Å². The summed E-state index contributed by atoms with van der Waals surface area (Å²) >= 11 is 0. The zero-order valence-corrected chi connectivity index (χ0v) is 11.3. The number of hydrogen-bond donors (Lipinski definition) is 1. The number of likely N-dealkylation sites (N-methyl/N-ethyl adjacent to an activating group) is 1. The Morgan fingerprint density at radius 2 is 2.22 bits per heavy atom. The largest absolute Gasteiger partial charge is 0.332 e. The predicted molar refractivity (Wildman–Crippen MR) is 72.4 cm³/mol. The maximum absolute atomic E-state index is 4.29. The van der Waals surface area contributed by atoms with E-state index in [1.807, 2.05) is 12.5 Å². The molecule has 0 atom stereocenters. The van der Waals surface area contributed by atoms with Crippen molar-refractivity contribution in [1.82, 2.24) is 19.8 Å². The van der Waals surface area contributed by atoms with E-state index in [1.165, 1.54) is 37.9 Å². The molecule has 4 heteroatoms. The second-order valence-electron chi connectivity index (χ2n) is 5.59. The first kappa shape index (κ1) is 12.2. The monoisotopic (exact) mass is 248 g/mol. The first-order valence-electron chi connectivity index (χ1n) is 7.33. The van der Waals surface area contributed by atoms with E-state index >= 15 is 0 Å². The fourth-order valence-electron chi connectivity index (χ4n) is 2.51. The van der Waals surface area contributed by atoms with Crippen LogP contribution in [-0.2, 0) is 13.1 Å². The number of nitrogens with one attached hydrogen (secondary N) is 1. The van der Waals surface area contributed by atoms with Crippen molar-refractivity contribution in [3.63, 3.8) is 0 Å². The molecule has 0 unspecified atom stereocenters. The Morgan fingerprint density at radius 1 is 1.39 bits per heavy atom. The maximum Gasteiger partial charge on any atom is 0.0949 e. The average molecular weight is 248 g/mol. The lowest BCUT2D eigenvalue weighted by Gasteiger charge is -2.20. The van der Waals surface area contributed by atoms with Crippen LogP contribution in [0.5, 0.6) is 0 Å². The van der Waals surface area contributed by atoms with E-state index in [9.17, 15) is 0 Å². The summed E-state index contributed by atoms with van der Waals surface area (Å²) in [4.78, 5) is 6.88. The fraction of sp³-hybridized carbons (Fsp3) is 0.786. The molecule has 18 heavy (non-hydrogen) atoms. The number of aromatic nitrogens is 2. The Labute approximate surface area is 109 Å². The van der Waals surface area contributed by atoms with Crippen LogP contribution in [0.4, 0.5) is 0 Å². The fourth-order valence-corrected chi connectivity index (χ4v) is 2.51. The normalized spacial score (nSPS) is 19.7. The van der Waals surface area contributed by atoms with E-state index in [0.29, 0.717) is 0 Å². The van der Waals surface area contributed by atoms with Crippen LogP contribution in [0, 0.1) is 0 Å². The molecule has 1 N–H and O–H groups in total. The summed E-state index contributed by atoms with van der Waals surface area (Å²) < 4.78 is 2.31. The van der Waals surface area contributed by atoms with Crippen LogP contribution in [0.2, 0.25) is 0 Å². The molecule has 2 aliphatic rings. The van der Waals surface area contributed by atoms with Gasteiger partial charge in [-0.1, -0.05) is 6.92 Å². The Hall–Kier alpha value is -0.870. The molecule has 0 aliphatic heterocycles. The molecule has 1 heterocycles. The summed E-state index contributed by atoms with van der Waals surface area (Å²) in [5.74, 6) is 0. The molecule has 1 aromatic rings. The second kappa shape index (κ2) is 5.41. The van der Waals surface area contributed by atoms with Crippen LogP contribution in [0.25, 0.3) is 0 Å². The van der Waals surface area contributed by atoms with Gasteiger partial charge in [0.05, 0.1) is 12.0 Å². The zero-order chi connectivity index (χ0) is 12.4. The van der Waals surface area contributed by atoms with Crippen molar-refractivity contribution in [3.8, 4) is 0 Å². The van der Waals surface area contributed by atoms with Gasteiger partial charge < -0.3 is 9.88 Å². The summed E-state index contributed by atoms with van der Waals surface area (Å²) in [5, 5.41) is 3.56. The molecule has 100 valence electrons. The summed E-state index contributed by atoms with van der Waals surface area (Å²) in [6, 6.07) is 1.64. The number of imidazole rings is 1. The maximum atomic E-state index is 4.29. The SMILES string of the molecule is CCN(CCn1cncc1CNC1CC1)C1CC1. The molecular weight excluding hydrogens is 224 g/mol. The molecule has 0 amide bonds. The van der Waals surface area contributed by atoms with Gasteiger partial charge in [0, 0.05) is 37.9 Å². The third kappa shape index (κ3) is 3.12. The molecule has 2 aliphatic carbocycles. The van der Waals surface area contributed by atoms with Gasteiger partial charge >= 0.3 is 0 Å². The van der Waals surface area contributed by atoms with Gasteiger partial charge in [-0.2, -0.15) is 0 Å². The van der Waals surface area contributed by atoms with Gasteiger partial charge in [0.1, 0.15) is 0 Å². The molecular formula is C14H24N4. The molecule has 0 radical (unpaired) electrons. The van der Waals surface area contributed by atoms with E-state index in [-0.39, 0.29) is 0 Å². The van der Waals surface area contributed by atoms with E-state index in [4.69, 9.17) is 0 Å². The van der Waals surface area contributed by atoms with Crippen molar-refractivity contribution in [3.05, 3.63) is 18.2 Å². The molecule has 0 aromatic carbocycles. The Bertz CT molecular complexity index is 379. The van der Waals surface area contributed by atoms with Gasteiger partial charge in [-0.05, 0) is 32.2 Å². The molecule has 2 fully saturated rings. The summed E-state index contributed by atoms with van der Waals surface area (Å²) in [7, 11) is 0. The highest BCUT2D eigenvalue weighted by Crippen LogP contribution is 2.26.